The van der Waals surface area contributed by atoms with Crippen LogP contribution in [-0.2, 0) is 0 Å². The van der Waals surface area contributed by atoms with Crippen LogP contribution >= 0.6 is 11.6 Å². The fraction of sp³-hybridized carbons (Fsp3) is 0.208. The first kappa shape index (κ1) is 25.0. The number of para-hydroxylation sites is 1. The first-order chi connectivity index (χ1) is 16.3. The highest BCUT2D eigenvalue weighted by atomic mass is 35.5. The van der Waals surface area contributed by atoms with Gasteiger partial charge in [0.1, 0.15) is 5.82 Å². The number of rotatable bonds is 4. The van der Waals surface area contributed by atoms with Crippen LogP contribution in [0, 0.1) is 5.82 Å². The summed E-state index contributed by atoms with van der Waals surface area (Å²) in [5, 5.41) is 14.5. The van der Waals surface area contributed by atoms with Crippen LogP contribution in [0.4, 0.5) is 36.4 Å². The molecule has 0 aromatic heterocycles. The largest absolute Gasteiger partial charge is 0.431 e. The van der Waals surface area contributed by atoms with Gasteiger partial charge in [-0.25, -0.2) is 4.39 Å². The van der Waals surface area contributed by atoms with Gasteiger partial charge in [0.05, 0.1) is 22.5 Å². The summed E-state index contributed by atoms with van der Waals surface area (Å²) in [6, 6.07) is 16.5. The van der Waals surface area contributed by atoms with Gasteiger partial charge < -0.3 is 5.11 Å². The van der Waals surface area contributed by atoms with Crippen LogP contribution in [0.15, 0.2) is 77.9 Å². The molecule has 1 aliphatic rings. The second kappa shape index (κ2) is 8.83. The quantitative estimate of drug-likeness (QED) is 0.369. The molecule has 0 saturated heterocycles. The molecule has 0 spiro atoms. The second-order valence-electron chi connectivity index (χ2n) is 7.87. The van der Waals surface area contributed by atoms with E-state index in [9.17, 15) is 35.8 Å². The van der Waals surface area contributed by atoms with Crippen LogP contribution in [0.3, 0.4) is 0 Å². The molecule has 1 unspecified atom stereocenters. The van der Waals surface area contributed by atoms with Crippen LogP contribution in [0.2, 0.25) is 5.02 Å². The second-order valence-corrected chi connectivity index (χ2v) is 8.28. The molecule has 0 fully saturated rings. The van der Waals surface area contributed by atoms with E-state index < -0.39 is 41.9 Å². The summed E-state index contributed by atoms with van der Waals surface area (Å²) in [6.07, 6.45) is -13.0. The Kier molecular flexibility index (Phi) is 6.31. The van der Waals surface area contributed by atoms with Gasteiger partial charge in [-0.15, -0.1) is 0 Å². The number of anilines is 1. The van der Waals surface area contributed by atoms with Gasteiger partial charge in [-0.05, 0) is 29.3 Å². The normalized spacial score (nSPS) is 17.0. The Morgan fingerprint density at radius 2 is 1.40 bits per heavy atom. The summed E-state index contributed by atoms with van der Waals surface area (Å²) in [5.41, 5.74) is -5.59. The molecule has 0 saturated carbocycles. The predicted molar refractivity (Wildman–Crippen MR) is 118 cm³/mol. The van der Waals surface area contributed by atoms with Crippen LogP contribution in [-0.4, -0.2) is 28.8 Å². The van der Waals surface area contributed by atoms with Crippen molar-refractivity contribution in [3.8, 4) is 11.1 Å². The molecule has 1 heterocycles. The van der Waals surface area contributed by atoms with Gasteiger partial charge in [0.15, 0.2) is 0 Å². The monoisotopic (exact) mass is 516 g/mol. The first-order valence-electron chi connectivity index (χ1n) is 10.2. The Labute approximate surface area is 200 Å². The third kappa shape index (κ3) is 4.36. The van der Waals surface area contributed by atoms with Crippen molar-refractivity contribution in [3.63, 3.8) is 0 Å². The molecule has 0 aliphatic carbocycles. The van der Waals surface area contributed by atoms with E-state index >= 15 is 0 Å². The molecular weight excluding hydrogens is 501 g/mol. The van der Waals surface area contributed by atoms with Crippen molar-refractivity contribution in [2.45, 2.75) is 30.4 Å². The fourth-order valence-electron chi connectivity index (χ4n) is 3.92. The number of alkyl halides is 6. The molecule has 35 heavy (non-hydrogen) atoms. The summed E-state index contributed by atoms with van der Waals surface area (Å²) in [6.45, 7) is 0. The number of aliphatic hydroxyl groups is 1. The van der Waals surface area contributed by atoms with Gasteiger partial charge >= 0.3 is 12.4 Å². The van der Waals surface area contributed by atoms with Gasteiger partial charge in [-0.2, -0.15) is 31.4 Å². The molecule has 11 heteroatoms. The van der Waals surface area contributed by atoms with Crippen molar-refractivity contribution in [1.82, 2.24) is 0 Å². The zero-order chi connectivity index (χ0) is 25.6. The highest BCUT2D eigenvalue weighted by Crippen LogP contribution is 2.49. The maximum atomic E-state index is 14.1. The number of benzene rings is 3. The van der Waals surface area contributed by atoms with Crippen LogP contribution < -0.4 is 5.01 Å². The molecule has 0 amide bonds. The topological polar surface area (TPSA) is 35.8 Å². The first-order valence-corrected chi connectivity index (χ1v) is 10.5. The van der Waals surface area contributed by atoms with E-state index in [0.717, 1.165) is 5.01 Å². The van der Waals surface area contributed by atoms with E-state index in [1.165, 1.54) is 66.7 Å². The molecular formula is C24H16ClF7N2O. The lowest BCUT2D eigenvalue weighted by Crippen LogP contribution is -2.62. The molecule has 1 aliphatic heterocycles. The van der Waals surface area contributed by atoms with Crippen molar-refractivity contribution in [2.24, 2.45) is 5.10 Å². The van der Waals surface area contributed by atoms with Gasteiger partial charge in [-0.1, -0.05) is 66.2 Å². The molecule has 1 N–H and O–H groups in total. The zero-order valence-electron chi connectivity index (χ0n) is 17.6. The smallest absolute Gasteiger partial charge is 0.369 e. The Hall–Kier alpha value is -3.11. The van der Waals surface area contributed by atoms with Crippen molar-refractivity contribution >= 4 is 23.0 Å². The highest BCUT2D eigenvalue weighted by molar-refractivity contribution is 6.33. The maximum absolute atomic E-state index is 14.1. The predicted octanol–water partition coefficient (Wildman–Crippen LogP) is 7.31. The molecule has 0 radical (unpaired) electrons. The number of hydrogen-bond donors (Lipinski definition) is 1. The number of hydrazone groups is 1. The molecule has 1 atom stereocenters. The number of hydrogen-bond acceptors (Lipinski definition) is 3. The summed E-state index contributed by atoms with van der Waals surface area (Å²) in [5.74, 6) is -0.496. The van der Waals surface area contributed by atoms with Crippen LogP contribution in [0.25, 0.3) is 11.1 Å². The molecule has 4 rings (SSSR count). The SMILES string of the molecule is OC(C1=NN(c2ccccc2Cl)C(c2ccc(-c3ccccc3F)cc2)C1)(C(F)(F)F)C(F)(F)F. The molecule has 0 bridgehead atoms. The minimum absolute atomic E-state index is 0.0352. The van der Waals surface area contributed by atoms with Crippen LogP contribution in [0.1, 0.15) is 18.0 Å². The average Bonchev–Trinajstić information content (AvgIpc) is 3.23. The van der Waals surface area contributed by atoms with E-state index in [4.69, 9.17) is 11.6 Å². The molecule has 3 nitrogen and oxygen atoms in total. The number of nitrogens with zero attached hydrogens (tertiary/aromatic N) is 2. The lowest BCUT2D eigenvalue weighted by molar-refractivity contribution is -0.338. The standard InChI is InChI=1S/C24H16ClF7N2O/c25-17-6-2-4-8-19(17)34-20(13-21(33-34)22(35,23(27,28)29)24(30,31)32)15-11-9-14(10-12-15)16-5-1-3-7-18(16)26/h1-12,20,35H,13H2. The molecule has 184 valence electrons. The minimum atomic E-state index is -6.07. The van der Waals surface area contributed by atoms with E-state index in [0.29, 0.717) is 5.56 Å². The lowest BCUT2D eigenvalue weighted by atomic mass is 9.89. The fourth-order valence-corrected chi connectivity index (χ4v) is 4.14. The van der Waals surface area contributed by atoms with E-state index in [2.05, 4.69) is 5.10 Å². The van der Waals surface area contributed by atoms with Gasteiger partial charge in [0, 0.05) is 12.0 Å². The lowest BCUT2D eigenvalue weighted by Gasteiger charge is -2.32. The zero-order valence-corrected chi connectivity index (χ0v) is 18.3. The minimum Gasteiger partial charge on any atom is -0.369 e. The Morgan fingerprint density at radius 1 is 0.829 bits per heavy atom. The van der Waals surface area contributed by atoms with Crippen molar-refractivity contribution in [1.29, 1.82) is 0 Å². The third-order valence-corrected chi connectivity index (χ3v) is 6.05. The van der Waals surface area contributed by atoms with Crippen molar-refractivity contribution in [2.75, 3.05) is 5.01 Å². The summed E-state index contributed by atoms with van der Waals surface area (Å²) < 4.78 is 95.4. The summed E-state index contributed by atoms with van der Waals surface area (Å²) in [7, 11) is 0. The van der Waals surface area contributed by atoms with Gasteiger partial charge in [0.2, 0.25) is 0 Å². The van der Waals surface area contributed by atoms with Crippen molar-refractivity contribution < 1.29 is 35.8 Å². The van der Waals surface area contributed by atoms with E-state index in [1.54, 1.807) is 6.07 Å². The molecule has 3 aromatic carbocycles. The maximum Gasteiger partial charge on any atom is 0.431 e. The van der Waals surface area contributed by atoms with E-state index in [-0.39, 0.29) is 21.8 Å². The van der Waals surface area contributed by atoms with Gasteiger partial charge in [-0.3, -0.25) is 5.01 Å². The Morgan fingerprint density at radius 3 is 1.97 bits per heavy atom. The van der Waals surface area contributed by atoms with Gasteiger partial charge in [0.25, 0.3) is 5.60 Å². The summed E-state index contributed by atoms with van der Waals surface area (Å²) in [4.78, 5) is 0. The molecule has 3 aromatic rings. The Bertz CT molecular complexity index is 1240. The number of halogens is 8. The van der Waals surface area contributed by atoms with Crippen molar-refractivity contribution in [3.05, 3.63) is 89.2 Å². The van der Waals surface area contributed by atoms with E-state index in [1.807, 2.05) is 0 Å². The summed E-state index contributed by atoms with van der Waals surface area (Å²) >= 11 is 6.16. The van der Waals surface area contributed by atoms with Crippen LogP contribution in [0.5, 0.6) is 0 Å². The Balaban J connectivity index is 1.80. The third-order valence-electron chi connectivity index (χ3n) is 5.73. The average molecular weight is 517 g/mol. The highest BCUT2D eigenvalue weighted by Gasteiger charge is 2.74.